The summed E-state index contributed by atoms with van der Waals surface area (Å²) in [5.41, 5.74) is 1.10. The van der Waals surface area contributed by atoms with Crippen molar-refractivity contribution in [1.82, 2.24) is 4.90 Å². The molecule has 2 unspecified atom stereocenters. The molecule has 1 aromatic carbocycles. The highest BCUT2D eigenvalue weighted by Crippen LogP contribution is 2.27. The Balaban J connectivity index is 2.90. The van der Waals surface area contributed by atoms with E-state index in [1.165, 1.54) is 0 Å². The predicted molar refractivity (Wildman–Crippen MR) is 67.4 cm³/mol. The Kier molecular flexibility index (Phi) is 4.50. The predicted octanol–water partition coefficient (Wildman–Crippen LogP) is 2.92. The lowest BCUT2D eigenvalue weighted by atomic mass is 10.1. The van der Waals surface area contributed by atoms with Gasteiger partial charge in [-0.15, -0.1) is 0 Å². The van der Waals surface area contributed by atoms with Gasteiger partial charge in [-0.3, -0.25) is 9.69 Å². The number of carboxylic acids is 1. The van der Waals surface area contributed by atoms with Crippen molar-refractivity contribution in [2.24, 2.45) is 0 Å². The molecule has 0 aliphatic carbocycles. The summed E-state index contributed by atoms with van der Waals surface area (Å²) in [5.74, 6) is -0.804. The largest absolute Gasteiger partial charge is 0.480 e. The van der Waals surface area contributed by atoms with E-state index in [1.807, 2.05) is 43.1 Å². The fourth-order valence-electron chi connectivity index (χ4n) is 1.54. The van der Waals surface area contributed by atoms with Crippen LogP contribution in [-0.2, 0) is 4.79 Å². The number of carbonyl (C=O) groups is 1. The number of carboxylic acid groups (broad SMARTS) is 1. The van der Waals surface area contributed by atoms with Crippen LogP contribution in [-0.4, -0.2) is 29.1 Å². The van der Waals surface area contributed by atoms with Gasteiger partial charge in [-0.05, 0) is 32.5 Å². The molecule has 1 aromatic rings. The molecule has 0 aliphatic rings. The lowest BCUT2D eigenvalue weighted by molar-refractivity contribution is -0.142. The van der Waals surface area contributed by atoms with Crippen molar-refractivity contribution in [3.05, 3.63) is 34.3 Å². The number of aliphatic carboxylic acids is 1. The molecule has 0 amide bonds. The van der Waals surface area contributed by atoms with Gasteiger partial charge in [-0.25, -0.2) is 0 Å². The number of nitrogens with zero attached hydrogens (tertiary/aromatic N) is 1. The molecule has 0 fully saturated rings. The maximum atomic E-state index is 10.9. The molecular weight excluding hydrogens is 270 g/mol. The van der Waals surface area contributed by atoms with Gasteiger partial charge in [0.25, 0.3) is 0 Å². The molecule has 88 valence electrons. The molecule has 0 aliphatic heterocycles. The first kappa shape index (κ1) is 13.2. The summed E-state index contributed by atoms with van der Waals surface area (Å²) in [6, 6.07) is 7.42. The third-order valence-electron chi connectivity index (χ3n) is 2.93. The third kappa shape index (κ3) is 2.83. The van der Waals surface area contributed by atoms with E-state index in [-0.39, 0.29) is 6.04 Å². The quantitative estimate of drug-likeness (QED) is 0.925. The molecule has 16 heavy (non-hydrogen) atoms. The minimum atomic E-state index is -0.804. The number of halogens is 1. The second-order valence-corrected chi connectivity index (χ2v) is 4.73. The number of rotatable bonds is 4. The Morgan fingerprint density at radius 3 is 2.44 bits per heavy atom. The van der Waals surface area contributed by atoms with Gasteiger partial charge < -0.3 is 5.11 Å². The van der Waals surface area contributed by atoms with E-state index in [0.29, 0.717) is 0 Å². The van der Waals surface area contributed by atoms with Crippen molar-refractivity contribution in [1.29, 1.82) is 0 Å². The molecule has 1 rings (SSSR count). The molecule has 0 aromatic heterocycles. The summed E-state index contributed by atoms with van der Waals surface area (Å²) in [6.07, 6.45) is 0. The smallest absolute Gasteiger partial charge is 0.320 e. The Morgan fingerprint density at radius 1 is 1.38 bits per heavy atom. The van der Waals surface area contributed by atoms with E-state index in [1.54, 1.807) is 6.92 Å². The lowest BCUT2D eigenvalue weighted by Gasteiger charge is -2.29. The minimum Gasteiger partial charge on any atom is -0.480 e. The first-order valence-electron chi connectivity index (χ1n) is 5.14. The van der Waals surface area contributed by atoms with Crippen LogP contribution in [0.4, 0.5) is 0 Å². The van der Waals surface area contributed by atoms with Crippen molar-refractivity contribution in [3.8, 4) is 0 Å². The van der Waals surface area contributed by atoms with Crippen LogP contribution in [0.1, 0.15) is 25.5 Å². The number of benzene rings is 1. The summed E-state index contributed by atoms with van der Waals surface area (Å²) in [7, 11) is 1.82. The fraction of sp³-hybridized carbons (Fsp3) is 0.417. The third-order valence-corrected chi connectivity index (χ3v) is 3.66. The molecule has 0 radical (unpaired) electrons. The average Bonchev–Trinajstić information content (AvgIpc) is 2.26. The van der Waals surface area contributed by atoms with Crippen molar-refractivity contribution in [3.63, 3.8) is 0 Å². The Hall–Kier alpha value is -0.870. The molecule has 1 N–H and O–H groups in total. The molecule has 0 heterocycles. The summed E-state index contributed by atoms with van der Waals surface area (Å²) < 4.78 is 1.01. The highest BCUT2D eigenvalue weighted by Gasteiger charge is 2.23. The van der Waals surface area contributed by atoms with Gasteiger partial charge in [0, 0.05) is 10.5 Å². The number of hydrogen-bond acceptors (Lipinski definition) is 2. The van der Waals surface area contributed by atoms with Crippen molar-refractivity contribution >= 4 is 21.9 Å². The van der Waals surface area contributed by atoms with Gasteiger partial charge in [0.05, 0.1) is 0 Å². The van der Waals surface area contributed by atoms with Crippen LogP contribution in [0.2, 0.25) is 0 Å². The van der Waals surface area contributed by atoms with Crippen molar-refractivity contribution in [2.75, 3.05) is 7.05 Å². The monoisotopic (exact) mass is 285 g/mol. The molecule has 0 spiro atoms. The molecule has 0 saturated heterocycles. The zero-order valence-electron chi connectivity index (χ0n) is 9.64. The highest BCUT2D eigenvalue weighted by molar-refractivity contribution is 9.10. The molecular formula is C12H16BrNO2. The normalized spacial score (nSPS) is 14.8. The van der Waals surface area contributed by atoms with Gasteiger partial charge in [-0.1, -0.05) is 34.1 Å². The van der Waals surface area contributed by atoms with Crippen LogP contribution in [0.15, 0.2) is 28.7 Å². The number of likely N-dealkylation sites (N-methyl/N-ethyl adjacent to an activating group) is 1. The van der Waals surface area contributed by atoms with Crippen molar-refractivity contribution < 1.29 is 9.90 Å². The van der Waals surface area contributed by atoms with Crippen LogP contribution < -0.4 is 0 Å². The minimum absolute atomic E-state index is 0.0571. The summed E-state index contributed by atoms with van der Waals surface area (Å²) in [5, 5.41) is 8.96. The van der Waals surface area contributed by atoms with E-state index < -0.39 is 12.0 Å². The number of hydrogen-bond donors (Lipinski definition) is 1. The summed E-state index contributed by atoms with van der Waals surface area (Å²) in [6.45, 7) is 3.69. The van der Waals surface area contributed by atoms with Gasteiger partial charge >= 0.3 is 5.97 Å². The Bertz CT molecular complexity index is 381. The van der Waals surface area contributed by atoms with Crippen LogP contribution in [0.25, 0.3) is 0 Å². The molecule has 0 bridgehead atoms. The van der Waals surface area contributed by atoms with E-state index in [4.69, 9.17) is 5.11 Å². The van der Waals surface area contributed by atoms with E-state index in [9.17, 15) is 4.79 Å². The summed E-state index contributed by atoms with van der Waals surface area (Å²) >= 11 is 3.48. The molecule has 4 heteroatoms. The van der Waals surface area contributed by atoms with Crippen molar-refractivity contribution in [2.45, 2.75) is 25.9 Å². The standard InChI is InChI=1S/C12H16BrNO2/c1-8(14(3)9(2)12(15)16)10-6-4-5-7-11(10)13/h4-9H,1-3H3,(H,15,16). The maximum absolute atomic E-state index is 10.9. The van der Waals surface area contributed by atoms with Gasteiger partial charge in [-0.2, -0.15) is 0 Å². The zero-order valence-corrected chi connectivity index (χ0v) is 11.2. The van der Waals surface area contributed by atoms with Gasteiger partial charge in [0.1, 0.15) is 6.04 Å². The van der Waals surface area contributed by atoms with E-state index >= 15 is 0 Å². The average molecular weight is 286 g/mol. The SMILES string of the molecule is CC(C(=O)O)N(C)C(C)c1ccccc1Br. The summed E-state index contributed by atoms with van der Waals surface area (Å²) in [4.78, 5) is 12.7. The first-order chi connectivity index (χ1) is 7.45. The second-order valence-electron chi connectivity index (χ2n) is 3.88. The van der Waals surface area contributed by atoms with Crippen LogP contribution in [0.5, 0.6) is 0 Å². The lowest BCUT2D eigenvalue weighted by Crippen LogP contribution is -2.37. The second kappa shape index (κ2) is 5.46. The first-order valence-corrected chi connectivity index (χ1v) is 5.93. The Labute approximate surface area is 104 Å². The van der Waals surface area contributed by atoms with E-state index in [0.717, 1.165) is 10.0 Å². The fourth-order valence-corrected chi connectivity index (χ4v) is 2.16. The van der Waals surface area contributed by atoms with Gasteiger partial charge in [0.15, 0.2) is 0 Å². The molecule has 3 nitrogen and oxygen atoms in total. The topological polar surface area (TPSA) is 40.5 Å². The molecule has 2 atom stereocenters. The van der Waals surface area contributed by atoms with Crippen LogP contribution >= 0.6 is 15.9 Å². The maximum Gasteiger partial charge on any atom is 0.320 e. The van der Waals surface area contributed by atoms with Crippen LogP contribution in [0.3, 0.4) is 0 Å². The Morgan fingerprint density at radius 2 is 1.94 bits per heavy atom. The molecule has 0 saturated carbocycles. The zero-order chi connectivity index (χ0) is 12.3. The van der Waals surface area contributed by atoms with E-state index in [2.05, 4.69) is 15.9 Å². The highest BCUT2D eigenvalue weighted by atomic mass is 79.9. The van der Waals surface area contributed by atoms with Gasteiger partial charge in [0.2, 0.25) is 0 Å². The van der Waals surface area contributed by atoms with Crippen LogP contribution in [0, 0.1) is 0 Å².